The summed E-state index contributed by atoms with van der Waals surface area (Å²) in [6.07, 6.45) is 0. The molecule has 0 unspecified atom stereocenters. The van der Waals surface area contributed by atoms with Crippen LogP contribution < -0.4 is 4.90 Å². The van der Waals surface area contributed by atoms with Crippen LogP contribution in [-0.2, 0) is 0 Å². The summed E-state index contributed by atoms with van der Waals surface area (Å²) < 4.78 is 6.40. The molecule has 0 fully saturated rings. The van der Waals surface area contributed by atoms with E-state index in [1.807, 2.05) is 12.1 Å². The summed E-state index contributed by atoms with van der Waals surface area (Å²) in [7, 11) is 0. The molecule has 0 amide bonds. The molecule has 2 heteroatoms. The molecule has 1 heterocycles. The normalized spacial score (nSPS) is 11.3. The van der Waals surface area contributed by atoms with Gasteiger partial charge in [-0.25, -0.2) is 0 Å². The first-order chi connectivity index (χ1) is 26.8. The van der Waals surface area contributed by atoms with Crippen molar-refractivity contribution in [2.75, 3.05) is 4.90 Å². The minimum atomic E-state index is 0.870. The van der Waals surface area contributed by atoms with Gasteiger partial charge in [0.15, 0.2) is 0 Å². The summed E-state index contributed by atoms with van der Waals surface area (Å²) >= 11 is 0. The molecule has 2 nitrogen and oxygen atoms in total. The van der Waals surface area contributed by atoms with Crippen molar-refractivity contribution in [1.29, 1.82) is 0 Å². The monoisotopic (exact) mass is 689 g/mol. The van der Waals surface area contributed by atoms with E-state index in [9.17, 15) is 0 Å². The Kier molecular flexibility index (Phi) is 7.85. The Morgan fingerprint density at radius 3 is 1.59 bits per heavy atom. The second-order valence-corrected chi connectivity index (χ2v) is 13.7. The number of fused-ring (bicyclic) bond motifs is 4. The van der Waals surface area contributed by atoms with Gasteiger partial charge in [-0.05, 0) is 86.3 Å². The predicted octanol–water partition coefficient (Wildman–Crippen LogP) is 14.9. The number of anilines is 3. The maximum Gasteiger partial charge on any atom is 0.137 e. The van der Waals surface area contributed by atoms with Gasteiger partial charge < -0.3 is 9.32 Å². The molecule has 0 atom stereocenters. The summed E-state index contributed by atoms with van der Waals surface area (Å²) in [6, 6.07) is 75.9. The van der Waals surface area contributed by atoms with Crippen molar-refractivity contribution in [2.45, 2.75) is 0 Å². The topological polar surface area (TPSA) is 16.4 Å². The first-order valence-corrected chi connectivity index (χ1v) is 18.4. The number of hydrogen-bond donors (Lipinski definition) is 0. The van der Waals surface area contributed by atoms with Crippen LogP contribution in [0.15, 0.2) is 217 Å². The Balaban J connectivity index is 1.15. The molecule has 0 saturated carbocycles. The van der Waals surface area contributed by atoms with Crippen LogP contribution in [0.2, 0.25) is 0 Å². The fraction of sp³-hybridized carbons (Fsp3) is 0. The molecule has 1 aromatic heterocycles. The van der Waals surface area contributed by atoms with Crippen molar-refractivity contribution in [3.05, 3.63) is 212 Å². The zero-order valence-corrected chi connectivity index (χ0v) is 29.6. The van der Waals surface area contributed by atoms with E-state index in [1.165, 1.54) is 49.7 Å². The Morgan fingerprint density at radius 1 is 0.315 bits per heavy atom. The van der Waals surface area contributed by atoms with Crippen molar-refractivity contribution >= 4 is 49.8 Å². The first-order valence-electron chi connectivity index (χ1n) is 18.4. The molecule has 10 aromatic rings. The van der Waals surface area contributed by atoms with E-state index in [0.29, 0.717) is 0 Å². The van der Waals surface area contributed by atoms with E-state index in [-0.39, 0.29) is 0 Å². The molecule has 0 bridgehead atoms. The van der Waals surface area contributed by atoms with E-state index in [2.05, 4.69) is 205 Å². The van der Waals surface area contributed by atoms with Gasteiger partial charge in [-0.15, -0.1) is 0 Å². The third-order valence-corrected chi connectivity index (χ3v) is 10.5. The Bertz CT molecular complexity index is 2920. The smallest absolute Gasteiger partial charge is 0.137 e. The van der Waals surface area contributed by atoms with E-state index in [4.69, 9.17) is 4.42 Å². The van der Waals surface area contributed by atoms with Gasteiger partial charge in [0, 0.05) is 33.6 Å². The van der Waals surface area contributed by atoms with Gasteiger partial charge in [0.2, 0.25) is 0 Å². The fourth-order valence-corrected chi connectivity index (χ4v) is 7.99. The molecule has 10 rings (SSSR count). The van der Waals surface area contributed by atoms with Crippen LogP contribution in [0, 0.1) is 0 Å². The maximum atomic E-state index is 6.40. The number of nitrogens with zero attached hydrogens (tertiary/aromatic N) is 1. The fourth-order valence-electron chi connectivity index (χ4n) is 7.99. The van der Waals surface area contributed by atoms with Gasteiger partial charge in [0.25, 0.3) is 0 Å². The Labute approximate surface area is 314 Å². The van der Waals surface area contributed by atoms with Gasteiger partial charge in [0.05, 0.1) is 5.69 Å². The van der Waals surface area contributed by atoms with Crippen molar-refractivity contribution in [3.63, 3.8) is 0 Å². The first kappa shape index (κ1) is 31.6. The van der Waals surface area contributed by atoms with Crippen LogP contribution >= 0.6 is 0 Å². The molecule has 0 N–H and O–H groups in total. The minimum Gasteiger partial charge on any atom is -0.456 e. The number of rotatable bonds is 7. The van der Waals surface area contributed by atoms with Crippen LogP contribution in [0.1, 0.15) is 0 Å². The van der Waals surface area contributed by atoms with Crippen LogP contribution in [-0.4, -0.2) is 0 Å². The third-order valence-electron chi connectivity index (χ3n) is 10.5. The highest BCUT2D eigenvalue weighted by atomic mass is 16.3. The molecule has 54 heavy (non-hydrogen) atoms. The molecule has 0 radical (unpaired) electrons. The molecule has 0 aliphatic rings. The number of hydrogen-bond acceptors (Lipinski definition) is 2. The molecule has 0 saturated heterocycles. The second-order valence-electron chi connectivity index (χ2n) is 13.7. The highest BCUT2D eigenvalue weighted by Crippen LogP contribution is 2.46. The maximum absolute atomic E-state index is 6.40. The highest BCUT2D eigenvalue weighted by Gasteiger charge is 2.20. The second kappa shape index (κ2) is 13.4. The molecular formula is C52H35NO. The molecule has 9 aromatic carbocycles. The van der Waals surface area contributed by atoms with E-state index in [0.717, 1.165) is 44.6 Å². The lowest BCUT2D eigenvalue weighted by molar-refractivity contribution is 0.669. The number of furan rings is 1. The van der Waals surface area contributed by atoms with Gasteiger partial charge >= 0.3 is 0 Å². The molecule has 0 spiro atoms. The highest BCUT2D eigenvalue weighted by molar-refractivity contribution is 6.07. The SMILES string of the molecule is c1ccc(-c2ccccc2-c2c(-c3ccccc3)cccc2-c2ccc(N(c3ccc4c(c3)oc3ccccc34)c3cccc4ccccc34)cc2)cc1. The molecule has 0 aliphatic carbocycles. The Hall–Kier alpha value is -7.16. The van der Waals surface area contributed by atoms with Gasteiger partial charge in [-0.1, -0.05) is 170 Å². The van der Waals surface area contributed by atoms with E-state index in [1.54, 1.807) is 0 Å². The van der Waals surface area contributed by atoms with Gasteiger partial charge in [-0.2, -0.15) is 0 Å². The predicted molar refractivity (Wildman–Crippen MR) is 228 cm³/mol. The summed E-state index contributed by atoms with van der Waals surface area (Å²) in [5, 5.41) is 4.62. The number of para-hydroxylation sites is 1. The lowest BCUT2D eigenvalue weighted by atomic mass is 9.84. The van der Waals surface area contributed by atoms with Crippen LogP contribution in [0.5, 0.6) is 0 Å². The van der Waals surface area contributed by atoms with Crippen LogP contribution in [0.25, 0.3) is 77.2 Å². The average Bonchev–Trinajstić information content (AvgIpc) is 3.62. The average molecular weight is 690 g/mol. The summed E-state index contributed by atoms with van der Waals surface area (Å²) in [5.41, 5.74) is 14.6. The lowest BCUT2D eigenvalue weighted by Crippen LogP contribution is -2.10. The quantitative estimate of drug-likeness (QED) is 0.166. The van der Waals surface area contributed by atoms with Crippen molar-refractivity contribution in [2.24, 2.45) is 0 Å². The van der Waals surface area contributed by atoms with Crippen molar-refractivity contribution < 1.29 is 4.42 Å². The number of benzene rings is 9. The molecule has 0 aliphatic heterocycles. The summed E-state index contributed by atoms with van der Waals surface area (Å²) in [4.78, 5) is 2.35. The van der Waals surface area contributed by atoms with Gasteiger partial charge in [0.1, 0.15) is 11.2 Å². The zero-order valence-electron chi connectivity index (χ0n) is 29.6. The van der Waals surface area contributed by atoms with Crippen LogP contribution in [0.4, 0.5) is 17.1 Å². The van der Waals surface area contributed by atoms with E-state index >= 15 is 0 Å². The minimum absolute atomic E-state index is 0.870. The Morgan fingerprint density at radius 2 is 0.833 bits per heavy atom. The van der Waals surface area contributed by atoms with Gasteiger partial charge in [-0.3, -0.25) is 0 Å². The molecule has 254 valence electrons. The standard InChI is InChI=1S/C52H35NO/c1-3-15-36(16-4-1)42-21-9-10-24-48(42)52-44(38-17-5-2-6-18-38)25-14-26-45(52)39-29-31-40(32-30-39)53(49-27-13-20-37-19-7-8-22-43(37)49)41-33-34-47-46-23-11-12-28-50(46)54-51(47)35-41/h1-35H. The molecular weight excluding hydrogens is 655 g/mol. The largest absolute Gasteiger partial charge is 0.456 e. The van der Waals surface area contributed by atoms with Crippen LogP contribution in [0.3, 0.4) is 0 Å². The summed E-state index contributed by atoms with van der Waals surface area (Å²) in [5.74, 6) is 0. The zero-order chi connectivity index (χ0) is 35.8. The van der Waals surface area contributed by atoms with Crippen molar-refractivity contribution in [1.82, 2.24) is 0 Å². The third kappa shape index (κ3) is 5.53. The van der Waals surface area contributed by atoms with Crippen molar-refractivity contribution in [3.8, 4) is 44.5 Å². The summed E-state index contributed by atoms with van der Waals surface area (Å²) in [6.45, 7) is 0. The lowest BCUT2D eigenvalue weighted by Gasteiger charge is -2.27. The van der Waals surface area contributed by atoms with E-state index < -0.39 is 0 Å².